The third-order valence-electron chi connectivity index (χ3n) is 5.89. The zero-order chi connectivity index (χ0) is 17.7. The molecule has 0 saturated heterocycles. The average molecular weight is 501 g/mol. The fraction of sp³-hybridized carbons (Fsp3) is 0.308. The predicted octanol–water partition coefficient (Wildman–Crippen LogP) is 1.49. The fourth-order valence-corrected chi connectivity index (χ4v) is 4.32. The molecule has 2 fully saturated rings. The zero-order valence-corrected chi connectivity index (χ0v) is 21.0. The van der Waals surface area contributed by atoms with Crippen molar-refractivity contribution in [2.24, 2.45) is 0 Å². The van der Waals surface area contributed by atoms with E-state index in [4.69, 9.17) is 0 Å². The first-order valence-electron chi connectivity index (χ1n) is 10.0. The third kappa shape index (κ3) is 5.25. The van der Waals surface area contributed by atoms with E-state index in [2.05, 4.69) is 74.5 Å². The van der Waals surface area contributed by atoms with Gasteiger partial charge >= 0.3 is 26.2 Å². The van der Waals surface area contributed by atoms with Gasteiger partial charge in [-0.3, -0.25) is 0 Å². The Morgan fingerprint density at radius 1 is 0.655 bits per heavy atom. The largest absolute Gasteiger partial charge is 4.00 e. The Bertz CT molecular complexity index is 993. The summed E-state index contributed by atoms with van der Waals surface area (Å²) in [5.41, 5.74) is 5.93. The molecule has 0 amide bonds. The van der Waals surface area contributed by atoms with Gasteiger partial charge in [0.2, 0.25) is 0 Å². The third-order valence-corrected chi connectivity index (χ3v) is 5.89. The topological polar surface area (TPSA) is 0 Å². The van der Waals surface area contributed by atoms with Crippen molar-refractivity contribution in [3.05, 3.63) is 82.9 Å². The average Bonchev–Trinajstić information content (AvgIpc) is 3.54. The minimum absolute atomic E-state index is 0. The van der Waals surface area contributed by atoms with Gasteiger partial charge in [0.25, 0.3) is 0 Å². The van der Waals surface area contributed by atoms with E-state index in [1.54, 1.807) is 11.1 Å². The summed E-state index contributed by atoms with van der Waals surface area (Å²) in [6, 6.07) is 22.6. The van der Waals surface area contributed by atoms with Gasteiger partial charge < -0.3 is 24.8 Å². The van der Waals surface area contributed by atoms with Crippen molar-refractivity contribution in [2.75, 3.05) is 0 Å². The van der Waals surface area contributed by atoms with E-state index in [0.29, 0.717) is 0 Å². The van der Waals surface area contributed by atoms with Crippen LogP contribution in [0.1, 0.15) is 59.8 Å². The normalized spacial score (nSPS) is 15.0. The van der Waals surface area contributed by atoms with Crippen LogP contribution >= 0.6 is 0 Å². The van der Waals surface area contributed by atoms with Crippen LogP contribution in [0.3, 0.4) is 0 Å². The van der Waals surface area contributed by atoms with E-state index in [9.17, 15) is 0 Å². The summed E-state index contributed by atoms with van der Waals surface area (Å²) in [5, 5.41) is 5.81. The van der Waals surface area contributed by atoms with Gasteiger partial charge in [-0.05, 0) is 37.5 Å². The van der Waals surface area contributed by atoms with Crippen molar-refractivity contribution in [1.82, 2.24) is 0 Å². The van der Waals surface area contributed by atoms with Gasteiger partial charge in [0.15, 0.2) is 0 Å². The Kier molecular flexibility index (Phi) is 8.37. The molecule has 0 radical (unpaired) electrons. The summed E-state index contributed by atoms with van der Waals surface area (Å²) >= 11 is 0. The van der Waals surface area contributed by atoms with E-state index in [1.807, 2.05) is 0 Å². The molecular formula is C26H26Cl2Zr. The molecule has 29 heavy (non-hydrogen) atoms. The molecule has 148 valence electrons. The zero-order valence-electron chi connectivity index (χ0n) is 17.0. The Morgan fingerprint density at radius 2 is 1.03 bits per heavy atom. The summed E-state index contributed by atoms with van der Waals surface area (Å²) in [4.78, 5) is 0. The molecule has 2 saturated carbocycles. The molecular weight excluding hydrogens is 474 g/mol. The molecule has 0 N–H and O–H groups in total. The number of hydrogen-bond acceptors (Lipinski definition) is 0. The molecule has 0 nitrogen and oxygen atoms in total. The van der Waals surface area contributed by atoms with Crippen LogP contribution in [0, 0.1) is 13.8 Å². The second-order valence-corrected chi connectivity index (χ2v) is 8.31. The van der Waals surface area contributed by atoms with Crippen LogP contribution in [0.25, 0.3) is 21.5 Å². The Morgan fingerprint density at radius 3 is 1.38 bits per heavy atom. The summed E-state index contributed by atoms with van der Waals surface area (Å²) < 4.78 is 0. The molecule has 0 unspecified atom stereocenters. The smallest absolute Gasteiger partial charge is 1.00 e. The molecule has 0 spiro atoms. The second kappa shape index (κ2) is 9.95. The molecule has 0 atom stereocenters. The summed E-state index contributed by atoms with van der Waals surface area (Å²) in [5.74, 6) is 1.73. The quantitative estimate of drug-likeness (QED) is 0.366. The molecule has 2 aliphatic rings. The minimum Gasteiger partial charge on any atom is -1.00 e. The van der Waals surface area contributed by atoms with Crippen molar-refractivity contribution in [3.63, 3.8) is 0 Å². The van der Waals surface area contributed by atoms with E-state index in [-0.39, 0.29) is 51.0 Å². The molecule has 0 aliphatic heterocycles. The summed E-state index contributed by atoms with van der Waals surface area (Å²) in [6.07, 6.45) is 5.57. The predicted molar refractivity (Wildman–Crippen MR) is 113 cm³/mol. The molecule has 4 aromatic rings. The van der Waals surface area contributed by atoms with E-state index >= 15 is 0 Å². The number of rotatable bonds is 2. The van der Waals surface area contributed by atoms with Gasteiger partial charge in [-0.25, -0.2) is 0 Å². The first-order chi connectivity index (χ1) is 12.7. The molecule has 6 rings (SSSR count). The fourth-order valence-electron chi connectivity index (χ4n) is 4.32. The van der Waals surface area contributed by atoms with Crippen LogP contribution in [0.5, 0.6) is 0 Å². The van der Waals surface area contributed by atoms with E-state index < -0.39 is 0 Å². The maximum Gasteiger partial charge on any atom is 4.00 e. The number of halogens is 2. The van der Waals surface area contributed by atoms with Crippen LogP contribution in [0.2, 0.25) is 0 Å². The monoisotopic (exact) mass is 498 g/mol. The Hall–Kier alpha value is -0.877. The maximum absolute atomic E-state index is 2.32. The van der Waals surface area contributed by atoms with Crippen molar-refractivity contribution < 1.29 is 51.0 Å². The Balaban J connectivity index is 0.000000187. The van der Waals surface area contributed by atoms with Crippen molar-refractivity contribution in [2.45, 2.75) is 51.4 Å². The van der Waals surface area contributed by atoms with Gasteiger partial charge in [-0.15, -0.1) is 69.1 Å². The SMILES string of the molecule is Cc1cc2c(C3CC3)cccc2[cH-]1.Cc1cc2c(C3CC3)cccc2[cH-]1.[Cl-].[Cl-].[Zr+4]. The molecule has 0 aromatic heterocycles. The Labute approximate surface area is 205 Å². The number of hydrogen-bond donors (Lipinski definition) is 0. The maximum atomic E-state index is 2.32. The number of fused-ring (bicyclic) bond motifs is 2. The van der Waals surface area contributed by atoms with Gasteiger partial charge in [-0.2, -0.15) is 12.1 Å². The van der Waals surface area contributed by atoms with Gasteiger partial charge in [0, 0.05) is 0 Å². The minimum atomic E-state index is 0. The standard InChI is InChI=1S/2C13H13.2ClH.Zr/c2*1-9-7-11-3-2-4-12(10-5-6-10)13(11)8-9;;;/h2*2-4,7-8,10H,5-6H2,1H3;2*1H;/q2*-1;;;+4/p-2. The van der Waals surface area contributed by atoms with Crippen LogP contribution < -0.4 is 24.8 Å². The molecule has 0 bridgehead atoms. The van der Waals surface area contributed by atoms with Crippen molar-refractivity contribution in [1.29, 1.82) is 0 Å². The van der Waals surface area contributed by atoms with Crippen LogP contribution in [0.4, 0.5) is 0 Å². The molecule has 4 aromatic carbocycles. The summed E-state index contributed by atoms with van der Waals surface area (Å²) in [7, 11) is 0. The number of benzene rings is 2. The molecule has 3 heteroatoms. The van der Waals surface area contributed by atoms with E-state index in [1.165, 1.54) is 58.4 Å². The van der Waals surface area contributed by atoms with Crippen molar-refractivity contribution >= 4 is 21.5 Å². The van der Waals surface area contributed by atoms with Gasteiger partial charge in [0.1, 0.15) is 0 Å². The van der Waals surface area contributed by atoms with Gasteiger partial charge in [-0.1, -0.05) is 37.1 Å². The molecule has 0 heterocycles. The van der Waals surface area contributed by atoms with Gasteiger partial charge in [0.05, 0.1) is 0 Å². The first kappa shape index (κ1) is 24.4. The van der Waals surface area contributed by atoms with Crippen LogP contribution in [-0.4, -0.2) is 0 Å². The molecule has 2 aliphatic carbocycles. The number of aryl methyl sites for hydroxylation is 2. The second-order valence-electron chi connectivity index (χ2n) is 8.31. The first-order valence-corrected chi connectivity index (χ1v) is 10.0. The van der Waals surface area contributed by atoms with Crippen LogP contribution in [-0.2, 0) is 26.2 Å². The van der Waals surface area contributed by atoms with Crippen molar-refractivity contribution in [3.8, 4) is 0 Å². The summed E-state index contributed by atoms with van der Waals surface area (Å²) in [6.45, 7) is 4.35. The van der Waals surface area contributed by atoms with E-state index in [0.717, 1.165) is 11.8 Å². The van der Waals surface area contributed by atoms with Crippen LogP contribution in [0.15, 0.2) is 60.7 Å².